The normalized spacial score (nSPS) is 11.1. The Morgan fingerprint density at radius 1 is 1.06 bits per heavy atom. The van der Waals surface area contributed by atoms with Crippen LogP contribution in [-0.2, 0) is 15.1 Å². The van der Waals surface area contributed by atoms with Gasteiger partial charge in [0.15, 0.2) is 0 Å². The van der Waals surface area contributed by atoms with Crippen molar-refractivity contribution in [2.75, 3.05) is 10.6 Å². The van der Waals surface area contributed by atoms with E-state index in [1.807, 2.05) is 30.3 Å². The zero-order valence-electron chi connectivity index (χ0n) is 16.4. The van der Waals surface area contributed by atoms with Crippen LogP contribution in [0.5, 0.6) is 11.5 Å². The average molecular weight is 490 g/mol. The fourth-order valence-electron chi connectivity index (χ4n) is 2.88. The van der Waals surface area contributed by atoms with Crippen molar-refractivity contribution in [3.05, 3.63) is 72.0 Å². The summed E-state index contributed by atoms with van der Waals surface area (Å²) >= 11 is -5.54. The van der Waals surface area contributed by atoms with Gasteiger partial charge in [-0.1, -0.05) is 18.2 Å². The molecule has 5 N–H and O–H groups in total. The molecule has 3 aromatic carbocycles. The van der Waals surface area contributed by atoms with E-state index in [2.05, 4.69) is 10.6 Å². The van der Waals surface area contributed by atoms with Crippen LogP contribution in [0.15, 0.2) is 60.7 Å². The number of phenolic OH excluding ortho intramolecular Hbond substituents is 1. The molecule has 1 amide bonds. The molecule has 0 aromatic heterocycles. The molecule has 0 aliphatic carbocycles. The Hall–Kier alpha value is -3.26. The molecule has 3 rings (SSSR count). The number of benzene rings is 3. The van der Waals surface area contributed by atoms with E-state index in [1.54, 1.807) is 0 Å². The Morgan fingerprint density at radius 3 is 2.42 bits per heavy atom. The van der Waals surface area contributed by atoms with Crippen LogP contribution in [0.25, 0.3) is 0 Å². The first-order valence-corrected chi connectivity index (χ1v) is 12.5. The molecule has 31 heavy (non-hydrogen) atoms. The SMILES string of the molecule is CC(=O)Nc1cc(Nc2ccc(F)c(OCc3ccccc3)c2)cc(O)c1[As](=O)(O)O. The number of carbonyl (C=O) groups is 1. The quantitative estimate of drug-likeness (QED) is 0.322. The second kappa shape index (κ2) is 9.26. The minimum atomic E-state index is -5.54. The number of nitrogens with one attached hydrogen (secondary N) is 2. The van der Waals surface area contributed by atoms with Crippen LogP contribution in [0.4, 0.5) is 21.5 Å². The second-order valence-corrected chi connectivity index (χ2v) is 9.88. The molecule has 8 nitrogen and oxygen atoms in total. The summed E-state index contributed by atoms with van der Waals surface area (Å²) in [5.41, 5.74) is 1.26. The molecule has 0 atom stereocenters. The Morgan fingerprint density at radius 2 is 1.77 bits per heavy atom. The Labute approximate surface area is 180 Å². The predicted molar refractivity (Wildman–Crippen MR) is 113 cm³/mol. The summed E-state index contributed by atoms with van der Waals surface area (Å²) in [5.74, 6) is -1.82. The van der Waals surface area contributed by atoms with Crippen molar-refractivity contribution in [1.29, 1.82) is 0 Å². The zero-order chi connectivity index (χ0) is 22.6. The van der Waals surface area contributed by atoms with Crippen molar-refractivity contribution < 1.29 is 31.0 Å². The Kier molecular flexibility index (Phi) is 6.70. The molecular formula is C21H20AsFN2O6. The maximum atomic E-state index is 14.1. The van der Waals surface area contributed by atoms with E-state index in [0.29, 0.717) is 5.69 Å². The third-order valence-corrected chi connectivity index (χ3v) is 6.36. The molecule has 0 bridgehead atoms. The number of hydrogen-bond donors (Lipinski definition) is 5. The molecule has 0 saturated carbocycles. The van der Waals surface area contributed by atoms with Gasteiger partial charge in [0.2, 0.25) is 0 Å². The van der Waals surface area contributed by atoms with Crippen molar-refractivity contribution in [3.8, 4) is 11.5 Å². The van der Waals surface area contributed by atoms with Gasteiger partial charge in [0, 0.05) is 0 Å². The van der Waals surface area contributed by atoms with Gasteiger partial charge < -0.3 is 0 Å². The third kappa shape index (κ3) is 5.88. The number of anilines is 3. The van der Waals surface area contributed by atoms with Crippen molar-refractivity contribution >= 4 is 41.5 Å². The summed E-state index contributed by atoms with van der Waals surface area (Å²) in [6.07, 6.45) is 0. The van der Waals surface area contributed by atoms with E-state index in [-0.39, 0.29) is 23.7 Å². The molecule has 3 aromatic rings. The molecule has 0 spiro atoms. The maximum absolute atomic E-state index is 14.1. The molecule has 0 saturated heterocycles. The second-order valence-electron chi connectivity index (χ2n) is 6.66. The van der Waals surface area contributed by atoms with Crippen LogP contribution in [0.1, 0.15) is 12.5 Å². The zero-order valence-corrected chi connectivity index (χ0v) is 18.2. The van der Waals surface area contributed by atoms with E-state index in [1.165, 1.54) is 31.2 Å². The molecule has 0 aliphatic rings. The number of ether oxygens (including phenoxy) is 1. The fourth-order valence-corrected chi connectivity index (χ4v) is 4.55. The van der Waals surface area contributed by atoms with Gasteiger partial charge in [0.25, 0.3) is 0 Å². The van der Waals surface area contributed by atoms with Crippen LogP contribution < -0.4 is 19.7 Å². The Bertz CT molecular complexity index is 1150. The summed E-state index contributed by atoms with van der Waals surface area (Å²) in [7, 11) is 0. The van der Waals surface area contributed by atoms with E-state index >= 15 is 0 Å². The molecule has 0 aliphatic heterocycles. The van der Waals surface area contributed by atoms with Gasteiger partial charge in [-0.05, 0) is 0 Å². The van der Waals surface area contributed by atoms with Crippen molar-refractivity contribution in [1.82, 2.24) is 0 Å². The van der Waals surface area contributed by atoms with Crippen LogP contribution in [0.3, 0.4) is 0 Å². The number of hydrogen-bond acceptors (Lipinski definition) is 5. The molecule has 10 heteroatoms. The summed E-state index contributed by atoms with van der Waals surface area (Å²) in [5, 5.41) is 15.4. The van der Waals surface area contributed by atoms with Crippen LogP contribution in [-0.4, -0.2) is 33.4 Å². The molecule has 0 radical (unpaired) electrons. The van der Waals surface area contributed by atoms with Gasteiger partial charge in [0.05, 0.1) is 0 Å². The van der Waals surface area contributed by atoms with Crippen LogP contribution >= 0.6 is 0 Å². The number of carbonyl (C=O) groups excluding carboxylic acids is 1. The van der Waals surface area contributed by atoms with Crippen LogP contribution in [0.2, 0.25) is 0 Å². The summed E-state index contributed by atoms with van der Waals surface area (Å²) in [6, 6.07) is 15.6. The number of amides is 1. The predicted octanol–water partition coefficient (Wildman–Crippen LogP) is 2.37. The summed E-state index contributed by atoms with van der Waals surface area (Å²) < 4.78 is 49.9. The minimum absolute atomic E-state index is 0.00441. The van der Waals surface area contributed by atoms with Crippen molar-refractivity contribution in [2.45, 2.75) is 13.5 Å². The number of halogens is 1. The number of phenols is 1. The van der Waals surface area contributed by atoms with E-state index in [4.69, 9.17) is 4.74 Å². The molecule has 0 fully saturated rings. The van der Waals surface area contributed by atoms with Crippen molar-refractivity contribution in [3.63, 3.8) is 0 Å². The van der Waals surface area contributed by atoms with Gasteiger partial charge in [-0.2, -0.15) is 0 Å². The van der Waals surface area contributed by atoms with E-state index in [9.17, 15) is 26.2 Å². The van der Waals surface area contributed by atoms with Gasteiger partial charge in [-0.25, -0.2) is 0 Å². The number of rotatable bonds is 7. The van der Waals surface area contributed by atoms with Gasteiger partial charge in [-0.3, -0.25) is 0 Å². The van der Waals surface area contributed by atoms with Gasteiger partial charge >= 0.3 is 162 Å². The average Bonchev–Trinajstić information content (AvgIpc) is 2.67. The molecular weight excluding hydrogens is 470 g/mol. The molecule has 0 heterocycles. The first-order valence-electron chi connectivity index (χ1n) is 9.07. The van der Waals surface area contributed by atoms with Crippen molar-refractivity contribution in [2.24, 2.45) is 0 Å². The monoisotopic (exact) mass is 490 g/mol. The summed E-state index contributed by atoms with van der Waals surface area (Å²) in [4.78, 5) is 11.4. The molecule has 162 valence electrons. The Balaban J connectivity index is 1.87. The number of aromatic hydroxyl groups is 1. The fraction of sp³-hybridized carbons (Fsp3) is 0.0952. The van der Waals surface area contributed by atoms with E-state index in [0.717, 1.165) is 11.6 Å². The topological polar surface area (TPSA) is 128 Å². The van der Waals surface area contributed by atoms with E-state index < -0.39 is 36.0 Å². The molecule has 0 unspecified atom stereocenters. The summed E-state index contributed by atoms with van der Waals surface area (Å²) in [6.45, 7) is 1.33. The van der Waals surface area contributed by atoms with Gasteiger partial charge in [0.1, 0.15) is 0 Å². The first kappa shape index (κ1) is 22.4. The van der Waals surface area contributed by atoms with Gasteiger partial charge in [-0.15, -0.1) is 0 Å². The third-order valence-electron chi connectivity index (χ3n) is 4.15. The van der Waals surface area contributed by atoms with Crippen LogP contribution in [0, 0.1) is 5.82 Å². The first-order chi connectivity index (χ1) is 14.6. The standard InChI is InChI=1S/C21H20AsFN2O6/c1-13(26)24-18-9-16(10-19(27)21(18)22(28,29)30)25-15-7-8-17(23)20(11-15)31-12-14-5-3-2-4-6-14/h2-11,25,27H,12H2,1H3,(H,24,26)(H2,28,29,30).